The first-order valence-corrected chi connectivity index (χ1v) is 10.7. The Morgan fingerprint density at radius 3 is 2.23 bits per heavy atom. The lowest BCUT2D eigenvalue weighted by Crippen LogP contribution is -2.46. The molecule has 30 heavy (non-hydrogen) atoms. The second-order valence-electron chi connectivity index (χ2n) is 6.63. The van der Waals surface area contributed by atoms with Crippen LogP contribution in [0.5, 0.6) is 0 Å². The van der Waals surface area contributed by atoms with Gasteiger partial charge in [-0.3, -0.25) is 19.7 Å². The average molecular weight is 434 g/mol. The van der Waals surface area contributed by atoms with E-state index in [-0.39, 0.29) is 10.6 Å². The molecule has 0 amide bonds. The van der Waals surface area contributed by atoms with Crippen LogP contribution in [0.25, 0.3) is 0 Å². The van der Waals surface area contributed by atoms with Crippen LogP contribution in [0.2, 0.25) is 0 Å². The van der Waals surface area contributed by atoms with Gasteiger partial charge >= 0.3 is 5.97 Å². The fourth-order valence-electron chi connectivity index (χ4n) is 2.55. The van der Waals surface area contributed by atoms with Crippen LogP contribution < -0.4 is 4.72 Å². The quantitative estimate of drug-likeness (QED) is 0.263. The molecule has 0 fully saturated rings. The number of ether oxygens (including phenoxy) is 1. The van der Waals surface area contributed by atoms with E-state index in [9.17, 15) is 28.1 Å². The maximum Gasteiger partial charge on any atom is 0.324 e. The van der Waals surface area contributed by atoms with Gasteiger partial charge in [-0.1, -0.05) is 50.6 Å². The molecule has 0 aliphatic carbocycles. The number of sulfonamides is 1. The molecule has 0 aliphatic rings. The number of hydrogen-bond donors (Lipinski definition) is 1. The maximum absolute atomic E-state index is 12.7. The normalized spacial score (nSPS) is 13.3. The van der Waals surface area contributed by atoms with E-state index in [4.69, 9.17) is 4.74 Å². The van der Waals surface area contributed by atoms with Crippen LogP contribution in [-0.4, -0.2) is 37.7 Å². The minimum absolute atomic E-state index is 0.227. The number of esters is 1. The number of non-ortho nitro benzene ring substituents is 1. The summed E-state index contributed by atoms with van der Waals surface area (Å²) in [5.41, 5.74) is 0.114. The fourth-order valence-corrected chi connectivity index (χ4v) is 3.84. The van der Waals surface area contributed by atoms with Crippen molar-refractivity contribution in [2.75, 3.05) is 6.61 Å². The molecule has 0 spiro atoms. The summed E-state index contributed by atoms with van der Waals surface area (Å²) in [5.74, 6) is -1.71. The minimum atomic E-state index is -4.15. The number of nitro benzene ring substituents is 1. The van der Waals surface area contributed by atoms with Crippen molar-refractivity contribution >= 4 is 27.5 Å². The molecule has 2 aromatic carbocycles. The lowest BCUT2D eigenvalue weighted by molar-refractivity contribution is -0.384. The van der Waals surface area contributed by atoms with Crippen molar-refractivity contribution in [1.82, 2.24) is 4.72 Å². The highest BCUT2D eigenvalue weighted by atomic mass is 32.2. The van der Waals surface area contributed by atoms with E-state index in [1.54, 1.807) is 44.2 Å². The molecular weight excluding hydrogens is 412 g/mol. The number of Topliss-reactive ketones (excluding diaryl/α,β-unsaturated/α-hetero) is 1. The zero-order valence-electron chi connectivity index (χ0n) is 16.5. The van der Waals surface area contributed by atoms with Crippen LogP contribution in [0.4, 0.5) is 5.69 Å². The Morgan fingerprint density at radius 1 is 1.10 bits per heavy atom. The Balaban J connectivity index is 2.13. The molecule has 9 nitrogen and oxygen atoms in total. The smallest absolute Gasteiger partial charge is 0.324 e. The highest BCUT2D eigenvalue weighted by Gasteiger charge is 2.31. The molecule has 1 N–H and O–H groups in total. The number of nitrogens with one attached hydrogen (secondary N) is 1. The SMILES string of the molecule is CC[C@H](C)[C@H](NS(=O)(=O)c1ccc([N+](=O)[O-])cc1)C(=O)OCC(=O)c1ccccc1. The van der Waals surface area contributed by atoms with Crippen molar-refractivity contribution in [2.24, 2.45) is 5.92 Å². The number of carbonyl (C=O) groups excluding carboxylic acids is 2. The fraction of sp³-hybridized carbons (Fsp3) is 0.300. The number of hydrogen-bond acceptors (Lipinski definition) is 7. The predicted octanol–water partition coefficient (Wildman–Crippen LogP) is 2.71. The Hall–Kier alpha value is -3.11. The average Bonchev–Trinajstić information content (AvgIpc) is 2.75. The van der Waals surface area contributed by atoms with Gasteiger partial charge in [0.2, 0.25) is 10.0 Å². The maximum atomic E-state index is 12.7. The third kappa shape index (κ3) is 5.94. The first-order valence-electron chi connectivity index (χ1n) is 9.17. The number of nitro groups is 1. The van der Waals surface area contributed by atoms with E-state index in [2.05, 4.69) is 4.72 Å². The molecule has 2 aromatic rings. The van der Waals surface area contributed by atoms with Crippen molar-refractivity contribution in [3.8, 4) is 0 Å². The Labute approximate surface area is 174 Å². The van der Waals surface area contributed by atoms with Crippen LogP contribution in [0.15, 0.2) is 59.5 Å². The van der Waals surface area contributed by atoms with E-state index in [0.29, 0.717) is 12.0 Å². The van der Waals surface area contributed by atoms with Gasteiger partial charge < -0.3 is 4.74 Å². The van der Waals surface area contributed by atoms with Crippen LogP contribution in [-0.2, 0) is 19.6 Å². The van der Waals surface area contributed by atoms with Crippen LogP contribution >= 0.6 is 0 Å². The van der Waals surface area contributed by atoms with Crippen molar-refractivity contribution in [2.45, 2.75) is 31.2 Å². The molecule has 0 radical (unpaired) electrons. The molecule has 0 aromatic heterocycles. The zero-order chi connectivity index (χ0) is 22.3. The molecule has 0 aliphatic heterocycles. The highest BCUT2D eigenvalue weighted by molar-refractivity contribution is 7.89. The van der Waals surface area contributed by atoms with Gasteiger partial charge in [0, 0.05) is 17.7 Å². The first-order chi connectivity index (χ1) is 14.2. The summed E-state index contributed by atoms with van der Waals surface area (Å²) in [4.78, 5) is 34.5. The second-order valence-corrected chi connectivity index (χ2v) is 8.35. The van der Waals surface area contributed by atoms with Gasteiger partial charge in [-0.25, -0.2) is 8.42 Å². The van der Waals surface area contributed by atoms with E-state index >= 15 is 0 Å². The topological polar surface area (TPSA) is 133 Å². The van der Waals surface area contributed by atoms with E-state index in [1.807, 2.05) is 0 Å². The third-order valence-electron chi connectivity index (χ3n) is 4.55. The zero-order valence-corrected chi connectivity index (χ0v) is 17.3. The summed E-state index contributed by atoms with van der Waals surface area (Å²) in [6.07, 6.45) is 0.467. The molecule has 0 heterocycles. The minimum Gasteiger partial charge on any atom is -0.456 e. The number of ketones is 1. The molecule has 0 saturated carbocycles. The van der Waals surface area contributed by atoms with Crippen LogP contribution in [0.3, 0.4) is 0 Å². The number of nitrogens with zero attached hydrogens (tertiary/aromatic N) is 1. The Morgan fingerprint density at radius 2 is 1.70 bits per heavy atom. The predicted molar refractivity (Wildman–Crippen MR) is 108 cm³/mol. The van der Waals surface area contributed by atoms with Crippen LogP contribution in [0.1, 0.15) is 30.6 Å². The van der Waals surface area contributed by atoms with Crippen molar-refractivity contribution in [3.05, 3.63) is 70.3 Å². The number of benzene rings is 2. The summed E-state index contributed by atoms with van der Waals surface area (Å²) in [6, 6.07) is 11.3. The van der Waals surface area contributed by atoms with Crippen LogP contribution in [0, 0.1) is 16.0 Å². The van der Waals surface area contributed by atoms with Gasteiger partial charge in [-0.15, -0.1) is 0 Å². The first kappa shape index (κ1) is 23.2. The summed E-state index contributed by atoms with van der Waals surface area (Å²) >= 11 is 0. The van der Waals surface area contributed by atoms with E-state index < -0.39 is 45.3 Å². The highest BCUT2D eigenvalue weighted by Crippen LogP contribution is 2.18. The van der Waals surface area contributed by atoms with Gasteiger partial charge in [-0.05, 0) is 18.1 Å². The van der Waals surface area contributed by atoms with E-state index in [0.717, 1.165) is 24.3 Å². The molecule has 0 bridgehead atoms. The molecule has 0 saturated heterocycles. The molecular formula is C20H22N2O7S. The van der Waals surface area contributed by atoms with Crippen molar-refractivity contribution in [3.63, 3.8) is 0 Å². The summed E-state index contributed by atoms with van der Waals surface area (Å²) in [7, 11) is -4.15. The number of rotatable bonds is 10. The van der Waals surface area contributed by atoms with Gasteiger partial charge in [0.1, 0.15) is 6.04 Å². The molecule has 2 rings (SSSR count). The molecule has 0 unspecified atom stereocenters. The Kier molecular flexibility index (Phi) is 7.79. The van der Waals surface area contributed by atoms with Gasteiger partial charge in [-0.2, -0.15) is 4.72 Å². The second kappa shape index (κ2) is 10.1. The largest absolute Gasteiger partial charge is 0.456 e. The standard InChI is InChI=1S/C20H22N2O7S/c1-3-14(2)19(20(24)29-13-18(23)15-7-5-4-6-8-15)21-30(27,28)17-11-9-16(10-12-17)22(25)26/h4-12,14,19,21H,3,13H2,1-2H3/t14-,19-/m0/s1. The molecule has 160 valence electrons. The monoisotopic (exact) mass is 434 g/mol. The summed E-state index contributed by atoms with van der Waals surface area (Å²) < 4.78 is 32.7. The van der Waals surface area contributed by atoms with E-state index in [1.165, 1.54) is 0 Å². The molecule has 10 heteroatoms. The lowest BCUT2D eigenvalue weighted by atomic mass is 10.0. The van der Waals surface area contributed by atoms with Crippen molar-refractivity contribution in [1.29, 1.82) is 0 Å². The van der Waals surface area contributed by atoms with Gasteiger partial charge in [0.05, 0.1) is 9.82 Å². The molecule has 2 atom stereocenters. The number of carbonyl (C=O) groups is 2. The Bertz CT molecular complexity index is 1010. The van der Waals surface area contributed by atoms with Gasteiger partial charge in [0.15, 0.2) is 12.4 Å². The van der Waals surface area contributed by atoms with Crippen molar-refractivity contribution < 1.29 is 27.7 Å². The third-order valence-corrected chi connectivity index (χ3v) is 6.01. The van der Waals surface area contributed by atoms with Gasteiger partial charge in [0.25, 0.3) is 5.69 Å². The summed E-state index contributed by atoms with van der Waals surface area (Å²) in [5, 5.41) is 10.7. The lowest BCUT2D eigenvalue weighted by Gasteiger charge is -2.22. The summed E-state index contributed by atoms with van der Waals surface area (Å²) in [6.45, 7) is 2.93.